The van der Waals surface area contributed by atoms with Crippen LogP contribution in [-0.4, -0.2) is 211 Å². The van der Waals surface area contributed by atoms with Gasteiger partial charge in [-0.3, -0.25) is 22.8 Å². The predicted octanol–water partition coefficient (Wildman–Crippen LogP) is -0.483. The van der Waals surface area contributed by atoms with E-state index in [0.717, 1.165) is 13.2 Å². The van der Waals surface area contributed by atoms with Crippen LogP contribution in [0.15, 0.2) is 0 Å². The first-order valence-corrected chi connectivity index (χ1v) is 34.2. The van der Waals surface area contributed by atoms with Crippen LogP contribution in [0.3, 0.4) is 0 Å². The van der Waals surface area contributed by atoms with Gasteiger partial charge in [-0.05, 0) is 89.8 Å². The Hall–Kier alpha value is 4.57. The Labute approximate surface area is 631 Å². The van der Waals surface area contributed by atoms with Gasteiger partial charge in [0.2, 0.25) is 7.82 Å². The van der Waals surface area contributed by atoms with Crippen LogP contribution in [0.2, 0.25) is 0 Å². The molecule has 89 heavy (non-hydrogen) atoms. The summed E-state index contributed by atoms with van der Waals surface area (Å²) in [4.78, 5) is 77.5. The Morgan fingerprint density at radius 2 is 0.865 bits per heavy atom. The molecule has 0 aromatic carbocycles. The molecule has 0 aromatic rings. The van der Waals surface area contributed by atoms with Crippen molar-refractivity contribution < 1.29 is 272 Å². The van der Waals surface area contributed by atoms with Crippen molar-refractivity contribution in [1.82, 2.24) is 0 Å². The van der Waals surface area contributed by atoms with Gasteiger partial charge in [-0.1, -0.05) is 41.5 Å². The van der Waals surface area contributed by atoms with E-state index in [1.54, 1.807) is 27.7 Å². The van der Waals surface area contributed by atoms with Gasteiger partial charge < -0.3 is 113 Å². The van der Waals surface area contributed by atoms with Crippen molar-refractivity contribution in [3.8, 4) is 0 Å². The van der Waals surface area contributed by atoms with Crippen LogP contribution in [0.25, 0.3) is 0 Å². The summed E-state index contributed by atoms with van der Waals surface area (Å²) in [6.45, 7) is 19.8. The van der Waals surface area contributed by atoms with Gasteiger partial charge in [0.1, 0.15) is 41.9 Å². The number of carboxylic acid groups (broad SMARTS) is 1. The molecule has 46 heteroatoms. The van der Waals surface area contributed by atoms with Crippen LogP contribution >= 0.6 is 39.1 Å². The molecule has 3 N–H and O–H groups in total. The van der Waals surface area contributed by atoms with E-state index < -0.39 is 136 Å². The van der Waals surface area contributed by atoms with E-state index in [4.69, 9.17) is 110 Å². The fourth-order valence-electron chi connectivity index (χ4n) is 7.51. The first kappa shape index (κ1) is 97.7. The van der Waals surface area contributed by atoms with E-state index in [2.05, 4.69) is 18.1 Å². The average Bonchev–Trinajstić information content (AvgIpc) is 4.45. The standard InChI is InChI=1S/C17H31B3O11P2.C9H16BO7P.C9H17BO6P.C8H16B2O6P.4Y/c1-10(2)7-26-32(21,22)30-12-5-16(18)28-15(12)9-27-33(23,24)31-13-6-17(20-19)29-14(13)8-25-11(3)4;1-5(2)4-15-18(13,14)17-6-3-7(10)16-8(6)9(11)12;1-6(2)5-14-17(12,13)16-7-3-9(10)15-8(7)4-11;1-5(2)14-4-7-6(16-17(11,12)13)3-8(10-9)15-7;;;;/h9-17H,5-8H2,1-4H3,(H,21,22)(H,23,24);5-8H,3-4H2,1-2H3,(H,11,12)(H,13,14);4,6-9,11H,3,5H2,1-2H3,(H,12,13);5-8H,3-4H2,1-2H3,(H2,11,12,13);;;;/q-1;;-1;;;;;/p-5/t12-,13-,14-,15-,16-,17-;6-,7-,8+;7-,8-,9-;6-,7-,8-;;;;/m1111..../s1. The molecular formula is C43H75B7O30P5Y4-7. The van der Waals surface area contributed by atoms with E-state index in [-0.39, 0.29) is 226 Å². The van der Waals surface area contributed by atoms with Crippen molar-refractivity contribution in [3.63, 3.8) is 0 Å². The Balaban J connectivity index is -0.00000115. The van der Waals surface area contributed by atoms with Crippen molar-refractivity contribution in [2.45, 2.75) is 205 Å². The monoisotopic (exact) mass is 1660 g/mol. The normalized spacial score (nSPS) is 31.5. The fourth-order valence-corrected chi connectivity index (χ4v) is 12.2. The van der Waals surface area contributed by atoms with Crippen molar-refractivity contribution in [3.05, 3.63) is 13.2 Å². The summed E-state index contributed by atoms with van der Waals surface area (Å²) in [6.07, 6.45) is -8.99. The van der Waals surface area contributed by atoms with E-state index in [1.165, 1.54) is 14.3 Å². The van der Waals surface area contributed by atoms with E-state index in [9.17, 15) is 52.1 Å². The van der Waals surface area contributed by atoms with Crippen LogP contribution in [0.1, 0.15) is 101 Å². The fraction of sp³-hybridized carbons (Fsp3) is 0.930. The smallest absolute Gasteiger partial charge is 0.335 e. The minimum Gasteiger partial charge on any atom is -0.758 e. The van der Waals surface area contributed by atoms with Gasteiger partial charge in [0, 0.05) is 176 Å². The molecule has 492 valence electrons. The van der Waals surface area contributed by atoms with E-state index >= 15 is 0 Å². The summed E-state index contributed by atoms with van der Waals surface area (Å²) in [5.74, 6) is -1.29. The van der Waals surface area contributed by atoms with Gasteiger partial charge >= 0.3 is 5.97 Å². The quantitative estimate of drug-likeness (QED) is 0.0435. The van der Waals surface area contributed by atoms with E-state index in [1.807, 2.05) is 41.5 Å². The molecule has 5 heterocycles. The van der Waals surface area contributed by atoms with Gasteiger partial charge in [0.15, 0.2) is 6.10 Å². The second-order valence-corrected chi connectivity index (χ2v) is 28.0. The van der Waals surface area contributed by atoms with E-state index in [0.29, 0.717) is 0 Å². The van der Waals surface area contributed by atoms with Crippen LogP contribution in [0.5, 0.6) is 0 Å². The summed E-state index contributed by atoms with van der Waals surface area (Å²) in [7, 11) is 6.73. The van der Waals surface area contributed by atoms with Crippen molar-refractivity contribution >= 4 is 98.4 Å². The topological polar surface area (TPSA) is 426 Å². The number of aliphatic hydroxyl groups excluding tert-OH is 1. The third kappa shape index (κ3) is 42.6. The van der Waals surface area contributed by atoms with Gasteiger partial charge in [0.05, 0.1) is 84.0 Å². The van der Waals surface area contributed by atoms with Gasteiger partial charge in [-0.2, -0.15) is 13.2 Å². The Bertz CT molecular complexity index is 2210. The molecule has 0 bridgehead atoms. The van der Waals surface area contributed by atoms with Crippen molar-refractivity contribution in [1.29, 1.82) is 0 Å². The maximum atomic E-state index is 12.4. The van der Waals surface area contributed by atoms with Crippen molar-refractivity contribution in [2.75, 3.05) is 33.0 Å². The maximum Gasteiger partial charge on any atom is 0.335 e. The number of rotatable bonds is 32. The first-order chi connectivity index (χ1) is 39.2. The second-order valence-electron chi connectivity index (χ2n) is 21.4. The Kier molecular flexibility index (Phi) is 52.4. The number of ether oxygens (including phenoxy) is 7. The summed E-state index contributed by atoms with van der Waals surface area (Å²) in [5, 5.41) is 17.7. The third-order valence-corrected chi connectivity index (χ3v) is 15.7. The van der Waals surface area contributed by atoms with Crippen LogP contribution in [0.4, 0.5) is 0 Å². The van der Waals surface area contributed by atoms with Gasteiger partial charge in [0.25, 0.3) is 31.3 Å². The van der Waals surface area contributed by atoms with Gasteiger partial charge in [-0.15, -0.1) is 0 Å². The average molecular weight is 1660 g/mol. The Morgan fingerprint density at radius 1 is 0.528 bits per heavy atom. The largest absolute Gasteiger partial charge is 0.758 e. The summed E-state index contributed by atoms with van der Waals surface area (Å²) in [5.41, 5.74) is 0. The van der Waals surface area contributed by atoms with Crippen LogP contribution in [-0.2, 0) is 232 Å². The number of aliphatic hydroxyl groups is 1. The number of phosphoric acid groups is 5. The van der Waals surface area contributed by atoms with Crippen molar-refractivity contribution in [2.24, 2.45) is 17.8 Å². The number of hydrogen-bond acceptors (Lipinski definition) is 28. The summed E-state index contributed by atoms with van der Waals surface area (Å²) < 4.78 is 138. The summed E-state index contributed by atoms with van der Waals surface area (Å²) >= 11 is 0. The summed E-state index contributed by atoms with van der Waals surface area (Å²) in [6, 6.07) is -3.31. The number of aliphatic carboxylic acids is 1. The molecule has 0 aromatic heterocycles. The molecule has 0 spiro atoms. The van der Waals surface area contributed by atoms with Crippen LogP contribution < -0.4 is 24.5 Å². The molecule has 5 aliphatic rings. The molecule has 5 saturated heterocycles. The molecule has 0 amide bonds. The molecule has 0 aliphatic carbocycles. The number of phosphoric ester groups is 5. The number of carbonyl (C=O) groups is 1. The SMILES string of the molecule is [B][B][C@H]1C[C@@H](OP(=O)([O-])O)[C@@H](COC(C)C)O1.[B][B][C@H]1C[C@@H](OP(=O)([O-])O[CH-][C@H]2O[C@@H]([B])C[C@H]2OP(=O)([O-])OCC(C)C)[C@@H](COC(C)C)O1.[B][C@H]1C[C@@H](OP(=O)([O-])OCC(C)C)[C@@H](C(=O)O)O1.[B][C@H]1C[C@@H](OP(=O)([O-])OCC(C)C)[C@@H]([CH-]O)O1.[Y].[Y].[Y].[Y]. The van der Waals surface area contributed by atoms with Crippen LogP contribution in [0, 0.1) is 31.0 Å². The molecule has 5 rings (SSSR count). The zero-order chi connectivity index (χ0) is 64.8. The minimum atomic E-state index is -4.89. The molecule has 20 atom stereocenters. The molecule has 5 fully saturated rings. The third-order valence-electron chi connectivity index (χ3n) is 11.3. The molecule has 0 saturated carbocycles. The Morgan fingerprint density at radius 3 is 1.21 bits per heavy atom. The molecular weight excluding hydrogens is 1580 g/mol. The number of carboxylic acids is 1. The molecule has 5 unspecified atom stereocenters. The maximum absolute atomic E-state index is 12.4. The zero-order valence-electron chi connectivity index (χ0n) is 51.2. The predicted molar refractivity (Wildman–Crippen MR) is 295 cm³/mol. The molecule has 16 radical (unpaired) electrons. The first-order valence-electron chi connectivity index (χ1n) is 26.9. The van der Waals surface area contributed by atoms with Gasteiger partial charge in [-0.25, -0.2) is 4.79 Å². The molecule has 5 aliphatic heterocycles. The molecule has 30 nitrogen and oxygen atoms in total. The number of hydrogen-bond donors (Lipinski definition) is 3. The minimum absolute atomic E-state index is 0. The zero-order valence-corrected chi connectivity index (χ0v) is 67.0. The second kappa shape index (κ2) is 47.7.